The Labute approximate surface area is 111 Å². The van der Waals surface area contributed by atoms with E-state index in [9.17, 15) is 14.7 Å². The lowest BCUT2D eigenvalue weighted by Gasteiger charge is -2.26. The number of halogens is 1. The molecule has 1 N–H and O–H groups in total. The van der Waals surface area contributed by atoms with Crippen LogP contribution in [0.5, 0.6) is 0 Å². The van der Waals surface area contributed by atoms with Crippen molar-refractivity contribution < 1.29 is 19.4 Å². The number of hydrogen-bond acceptors (Lipinski definition) is 3. The van der Waals surface area contributed by atoms with Crippen molar-refractivity contribution in [1.29, 1.82) is 0 Å². The molecule has 0 spiro atoms. The van der Waals surface area contributed by atoms with Gasteiger partial charge < -0.3 is 9.84 Å². The molecule has 0 aliphatic rings. The number of rotatable bonds is 5. The van der Waals surface area contributed by atoms with Gasteiger partial charge in [-0.3, -0.25) is 9.59 Å². The van der Waals surface area contributed by atoms with E-state index in [1.54, 1.807) is 32.0 Å². The maximum absolute atomic E-state index is 12.0. The Balaban J connectivity index is 3.36. The second-order valence-corrected chi connectivity index (χ2v) is 4.23. The van der Waals surface area contributed by atoms with Crippen molar-refractivity contribution >= 4 is 23.5 Å². The largest absolute Gasteiger partial charge is 0.480 e. The van der Waals surface area contributed by atoms with Crippen molar-refractivity contribution in [2.45, 2.75) is 25.7 Å². The summed E-state index contributed by atoms with van der Waals surface area (Å²) in [5, 5.41) is 9.81. The smallest absolute Gasteiger partial charge is 0.328 e. The molecule has 0 aliphatic carbocycles. The summed E-state index contributed by atoms with van der Waals surface area (Å²) in [4.78, 5) is 23.5. The van der Waals surface area contributed by atoms with E-state index < -0.39 is 17.4 Å². The van der Waals surface area contributed by atoms with Gasteiger partial charge in [-0.05, 0) is 31.0 Å². The van der Waals surface area contributed by atoms with Gasteiger partial charge >= 0.3 is 11.9 Å². The number of carbonyl (C=O) groups is 2. The lowest BCUT2D eigenvalue weighted by molar-refractivity contribution is -0.161. The highest BCUT2D eigenvalue weighted by Gasteiger charge is 2.47. The third-order valence-corrected chi connectivity index (χ3v) is 3.07. The predicted octanol–water partition coefficient (Wildman–Crippen LogP) is 2.64. The zero-order chi connectivity index (χ0) is 13.8. The molecule has 0 saturated heterocycles. The van der Waals surface area contributed by atoms with E-state index in [0.29, 0.717) is 10.6 Å². The van der Waals surface area contributed by atoms with Crippen LogP contribution in [0.3, 0.4) is 0 Å². The minimum absolute atomic E-state index is 0.0987. The molecule has 1 aromatic carbocycles. The van der Waals surface area contributed by atoms with Crippen LogP contribution in [-0.4, -0.2) is 23.7 Å². The molecule has 1 rings (SSSR count). The number of benzene rings is 1. The lowest BCUT2D eigenvalue weighted by Crippen LogP contribution is -2.44. The second-order valence-electron chi connectivity index (χ2n) is 3.79. The first-order chi connectivity index (χ1) is 8.48. The molecular weight excluding hydrogens is 256 g/mol. The Morgan fingerprint density at radius 1 is 1.39 bits per heavy atom. The fraction of sp³-hybridized carbons (Fsp3) is 0.385. The maximum atomic E-state index is 12.0. The lowest BCUT2D eigenvalue weighted by atomic mass is 9.78. The molecule has 0 radical (unpaired) electrons. The quantitative estimate of drug-likeness (QED) is 0.660. The van der Waals surface area contributed by atoms with Crippen molar-refractivity contribution in [3.63, 3.8) is 0 Å². The number of carboxylic acids is 1. The molecule has 4 nitrogen and oxygen atoms in total. The van der Waals surface area contributed by atoms with Gasteiger partial charge in [0.1, 0.15) is 0 Å². The van der Waals surface area contributed by atoms with Gasteiger partial charge in [-0.2, -0.15) is 0 Å². The summed E-state index contributed by atoms with van der Waals surface area (Å²) >= 11 is 5.85. The molecule has 18 heavy (non-hydrogen) atoms. The van der Waals surface area contributed by atoms with Gasteiger partial charge in [-0.25, -0.2) is 0 Å². The van der Waals surface area contributed by atoms with Crippen molar-refractivity contribution in [3.8, 4) is 0 Å². The molecule has 5 heteroatoms. The Kier molecular flexibility index (Phi) is 4.73. The molecule has 0 saturated carbocycles. The van der Waals surface area contributed by atoms with Crippen LogP contribution in [0.15, 0.2) is 24.3 Å². The minimum Gasteiger partial charge on any atom is -0.480 e. The highest BCUT2D eigenvalue weighted by atomic mass is 35.5. The molecule has 1 aromatic rings. The van der Waals surface area contributed by atoms with Crippen molar-refractivity contribution in [2.75, 3.05) is 6.61 Å². The first-order valence-corrected chi connectivity index (χ1v) is 6.03. The van der Waals surface area contributed by atoms with E-state index in [-0.39, 0.29) is 13.0 Å². The zero-order valence-corrected chi connectivity index (χ0v) is 11.0. The van der Waals surface area contributed by atoms with Crippen molar-refractivity contribution in [3.05, 3.63) is 34.9 Å². The summed E-state index contributed by atoms with van der Waals surface area (Å²) in [7, 11) is 0. The van der Waals surface area contributed by atoms with E-state index in [1.807, 2.05) is 0 Å². The maximum Gasteiger partial charge on any atom is 0.328 e. The van der Waals surface area contributed by atoms with E-state index in [1.165, 1.54) is 6.07 Å². The van der Waals surface area contributed by atoms with Crippen LogP contribution in [0.25, 0.3) is 0 Å². The van der Waals surface area contributed by atoms with Gasteiger partial charge in [-0.15, -0.1) is 0 Å². The Morgan fingerprint density at radius 2 is 2.06 bits per heavy atom. The summed E-state index contributed by atoms with van der Waals surface area (Å²) in [6.07, 6.45) is 0.0987. The average Bonchev–Trinajstić information content (AvgIpc) is 2.30. The Hall–Kier alpha value is -1.55. The fourth-order valence-corrected chi connectivity index (χ4v) is 2.03. The first-order valence-electron chi connectivity index (χ1n) is 5.65. The van der Waals surface area contributed by atoms with E-state index in [4.69, 9.17) is 16.3 Å². The highest BCUT2D eigenvalue weighted by molar-refractivity contribution is 6.30. The van der Waals surface area contributed by atoms with Crippen molar-refractivity contribution in [2.24, 2.45) is 0 Å². The molecule has 98 valence electrons. The van der Waals surface area contributed by atoms with Crippen LogP contribution in [0.4, 0.5) is 0 Å². The SMILES string of the molecule is CCOC(=O)C(CC)(C(=O)O)c1cccc(Cl)c1. The molecule has 1 atom stereocenters. The van der Waals surface area contributed by atoms with Crippen LogP contribution in [0.2, 0.25) is 5.02 Å². The normalized spacial score (nSPS) is 13.7. The fourth-order valence-electron chi connectivity index (χ4n) is 1.84. The predicted molar refractivity (Wildman–Crippen MR) is 67.7 cm³/mol. The summed E-state index contributed by atoms with van der Waals surface area (Å²) < 4.78 is 4.89. The summed E-state index contributed by atoms with van der Waals surface area (Å²) in [5.74, 6) is -1.99. The highest BCUT2D eigenvalue weighted by Crippen LogP contribution is 2.31. The summed E-state index contributed by atoms with van der Waals surface area (Å²) in [6.45, 7) is 3.40. The number of carbonyl (C=O) groups excluding carboxylic acids is 1. The van der Waals surface area contributed by atoms with E-state index >= 15 is 0 Å². The number of ether oxygens (including phenoxy) is 1. The summed E-state index contributed by atoms with van der Waals surface area (Å²) in [5.41, 5.74) is -1.36. The molecule has 0 fully saturated rings. The van der Waals surface area contributed by atoms with Crippen molar-refractivity contribution in [1.82, 2.24) is 0 Å². The second kappa shape index (κ2) is 5.87. The molecular formula is C13H15ClO4. The number of aliphatic carboxylic acids is 1. The third kappa shape index (κ3) is 2.48. The van der Waals surface area contributed by atoms with Gasteiger partial charge in [0.05, 0.1) is 6.61 Å². The number of carboxylic acid groups (broad SMARTS) is 1. The van der Waals surface area contributed by atoms with Gasteiger partial charge in [0.25, 0.3) is 0 Å². The topological polar surface area (TPSA) is 63.6 Å². The Bertz CT molecular complexity index is 458. The van der Waals surface area contributed by atoms with Crippen LogP contribution >= 0.6 is 11.6 Å². The Morgan fingerprint density at radius 3 is 2.50 bits per heavy atom. The van der Waals surface area contributed by atoms with Gasteiger partial charge in [-0.1, -0.05) is 30.7 Å². The first kappa shape index (κ1) is 14.5. The van der Waals surface area contributed by atoms with Crippen LogP contribution in [0.1, 0.15) is 25.8 Å². The summed E-state index contributed by atoms with van der Waals surface area (Å²) in [6, 6.07) is 6.29. The number of esters is 1. The van der Waals surface area contributed by atoms with Crippen LogP contribution < -0.4 is 0 Å². The van der Waals surface area contributed by atoms with Crippen LogP contribution in [-0.2, 0) is 19.7 Å². The average molecular weight is 271 g/mol. The van der Waals surface area contributed by atoms with Gasteiger partial charge in [0.2, 0.25) is 0 Å². The monoisotopic (exact) mass is 270 g/mol. The molecule has 0 aromatic heterocycles. The molecule has 0 bridgehead atoms. The molecule has 1 unspecified atom stereocenters. The van der Waals surface area contributed by atoms with Crippen LogP contribution in [0, 0.1) is 0 Å². The third-order valence-electron chi connectivity index (χ3n) is 2.84. The molecule has 0 aliphatic heterocycles. The van der Waals surface area contributed by atoms with E-state index in [0.717, 1.165) is 0 Å². The standard InChI is InChI=1S/C13H15ClO4/c1-3-13(11(15)16,12(17)18-4-2)9-6-5-7-10(14)8-9/h5-8H,3-4H2,1-2H3,(H,15,16). The van der Waals surface area contributed by atoms with Gasteiger partial charge in [0.15, 0.2) is 5.41 Å². The molecule has 0 amide bonds. The minimum atomic E-state index is -1.69. The zero-order valence-electron chi connectivity index (χ0n) is 10.3. The molecule has 0 heterocycles. The number of hydrogen-bond donors (Lipinski definition) is 1. The van der Waals surface area contributed by atoms with Gasteiger partial charge in [0, 0.05) is 5.02 Å². The van der Waals surface area contributed by atoms with E-state index in [2.05, 4.69) is 0 Å².